The van der Waals surface area contributed by atoms with Gasteiger partial charge in [-0.2, -0.15) is 0 Å². The highest BCUT2D eigenvalue weighted by Gasteiger charge is 2.31. The van der Waals surface area contributed by atoms with Crippen molar-refractivity contribution in [3.05, 3.63) is 35.9 Å². The molecule has 1 aromatic carbocycles. The van der Waals surface area contributed by atoms with Gasteiger partial charge < -0.3 is 4.57 Å². The Labute approximate surface area is 139 Å². The predicted molar refractivity (Wildman–Crippen MR) is 99.8 cm³/mol. The van der Waals surface area contributed by atoms with Crippen LogP contribution >= 0.6 is 0 Å². The van der Waals surface area contributed by atoms with Crippen molar-refractivity contribution in [2.75, 3.05) is 0 Å². The Kier molecular flexibility index (Phi) is 5.66. The molecular formula is C19H32N2Si. The lowest BCUT2D eigenvalue weighted by Gasteiger charge is -2.42. The lowest BCUT2D eigenvalue weighted by Crippen LogP contribution is -2.51. The molecule has 0 aliphatic rings. The highest BCUT2D eigenvalue weighted by atomic mass is 28.2. The quantitative estimate of drug-likeness (QED) is 0.417. The Balaban J connectivity index is 3.42. The fraction of sp³-hybridized carbons (Fsp3) is 0.632. The van der Waals surface area contributed by atoms with Crippen molar-refractivity contribution in [1.82, 2.24) is 4.57 Å². The fourth-order valence-electron chi connectivity index (χ4n) is 2.02. The molecule has 3 heteroatoms. The molecule has 22 heavy (non-hydrogen) atoms. The molecule has 1 rings (SSSR count). The summed E-state index contributed by atoms with van der Waals surface area (Å²) in [5.41, 5.74) is 1.13. The third kappa shape index (κ3) is 6.35. The molecule has 0 atom stereocenters. The van der Waals surface area contributed by atoms with Gasteiger partial charge in [0.25, 0.3) is 0 Å². The zero-order valence-electron chi connectivity index (χ0n) is 15.8. The summed E-state index contributed by atoms with van der Waals surface area (Å²) in [7, 11) is 0.678. The van der Waals surface area contributed by atoms with E-state index in [2.05, 4.69) is 97.2 Å². The van der Waals surface area contributed by atoms with E-state index in [1.165, 1.54) is 5.56 Å². The zero-order chi connectivity index (χ0) is 17.2. The molecule has 0 amide bonds. The summed E-state index contributed by atoms with van der Waals surface area (Å²) in [4.78, 5) is 5.08. The van der Waals surface area contributed by atoms with Gasteiger partial charge in [-0.25, -0.2) is 0 Å². The van der Waals surface area contributed by atoms with Gasteiger partial charge in [0.05, 0.1) is 5.54 Å². The maximum absolute atomic E-state index is 5.08. The van der Waals surface area contributed by atoms with Crippen LogP contribution < -0.4 is 0 Å². The molecule has 0 saturated heterocycles. The first-order chi connectivity index (χ1) is 9.80. The third-order valence-electron chi connectivity index (χ3n) is 2.80. The Morgan fingerprint density at radius 3 is 1.73 bits per heavy atom. The number of rotatable bonds is 2. The van der Waals surface area contributed by atoms with E-state index >= 15 is 0 Å². The number of benzene rings is 1. The van der Waals surface area contributed by atoms with Crippen LogP contribution in [-0.2, 0) is 0 Å². The zero-order valence-corrected chi connectivity index (χ0v) is 16.8. The topological polar surface area (TPSA) is 15.6 Å². The molecule has 0 unspecified atom stereocenters. The van der Waals surface area contributed by atoms with Crippen LogP contribution in [0.5, 0.6) is 0 Å². The predicted octanol–water partition coefficient (Wildman–Crippen LogP) is 5.17. The van der Waals surface area contributed by atoms with E-state index in [9.17, 15) is 0 Å². The molecule has 0 aliphatic heterocycles. The normalized spacial score (nSPS) is 14.1. The van der Waals surface area contributed by atoms with Crippen molar-refractivity contribution in [3.8, 4) is 0 Å². The molecule has 1 aromatic rings. The van der Waals surface area contributed by atoms with Gasteiger partial charge in [0.2, 0.25) is 0 Å². The molecule has 0 saturated carbocycles. The van der Waals surface area contributed by atoms with Gasteiger partial charge in [0, 0.05) is 11.1 Å². The first kappa shape index (κ1) is 19.0. The van der Waals surface area contributed by atoms with E-state index in [4.69, 9.17) is 4.99 Å². The van der Waals surface area contributed by atoms with Crippen molar-refractivity contribution >= 4 is 15.5 Å². The van der Waals surface area contributed by atoms with Gasteiger partial charge in [-0.1, -0.05) is 51.1 Å². The van der Waals surface area contributed by atoms with Crippen molar-refractivity contribution in [1.29, 1.82) is 0 Å². The summed E-state index contributed by atoms with van der Waals surface area (Å²) in [5, 5.41) is 0.237. The minimum absolute atomic E-state index is 0.0334. The average Bonchev–Trinajstić information content (AvgIpc) is 2.31. The maximum Gasteiger partial charge on any atom is 0.189 e. The standard InChI is InChI=1S/C19H32N2Si/c1-17(2,3)20-16(15-13-11-10-12-14-15)21(18(4,5)6)22-19(7,8)9/h10-14H,1-9H3. The molecule has 0 aliphatic carbocycles. The second-order valence-corrected chi connectivity index (χ2v) is 11.0. The number of hydrogen-bond donors (Lipinski definition) is 0. The Morgan fingerprint density at radius 2 is 1.36 bits per heavy atom. The van der Waals surface area contributed by atoms with E-state index in [1.54, 1.807) is 0 Å². The van der Waals surface area contributed by atoms with E-state index in [0.29, 0.717) is 9.68 Å². The molecule has 2 nitrogen and oxygen atoms in total. The maximum atomic E-state index is 5.08. The SMILES string of the molecule is CC(C)(C)N=C(c1ccccc1)N([Si]C(C)(C)C)C(C)(C)C. The second kappa shape index (κ2) is 6.57. The van der Waals surface area contributed by atoms with E-state index in [0.717, 1.165) is 5.84 Å². The Hall–Kier alpha value is -1.09. The van der Waals surface area contributed by atoms with E-state index in [1.807, 2.05) is 0 Å². The Bertz CT molecular complexity index is 499. The first-order valence-electron chi connectivity index (χ1n) is 8.03. The van der Waals surface area contributed by atoms with Gasteiger partial charge in [-0.05, 0) is 46.6 Å². The summed E-state index contributed by atoms with van der Waals surface area (Å²) < 4.78 is 2.48. The van der Waals surface area contributed by atoms with Crippen LogP contribution in [0.25, 0.3) is 0 Å². The lowest BCUT2D eigenvalue weighted by molar-refractivity contribution is 0.346. The van der Waals surface area contributed by atoms with Gasteiger partial charge >= 0.3 is 0 Å². The minimum atomic E-state index is -0.100. The number of aliphatic imine (C=N–C) groups is 1. The summed E-state index contributed by atoms with van der Waals surface area (Å²) in [6.07, 6.45) is 0. The fourth-order valence-corrected chi connectivity index (χ4v) is 3.31. The van der Waals surface area contributed by atoms with Crippen LogP contribution in [0.15, 0.2) is 35.3 Å². The molecule has 0 fully saturated rings. The summed E-state index contributed by atoms with van der Waals surface area (Å²) in [6.45, 7) is 20.2. The molecule has 2 radical (unpaired) electrons. The summed E-state index contributed by atoms with van der Waals surface area (Å²) in [5.74, 6) is 1.11. The van der Waals surface area contributed by atoms with Gasteiger partial charge in [0.1, 0.15) is 5.84 Å². The van der Waals surface area contributed by atoms with E-state index < -0.39 is 0 Å². The van der Waals surface area contributed by atoms with Crippen molar-refractivity contribution in [2.24, 2.45) is 4.99 Å². The molecular weight excluding hydrogens is 284 g/mol. The van der Waals surface area contributed by atoms with Crippen molar-refractivity contribution < 1.29 is 0 Å². The van der Waals surface area contributed by atoms with Crippen LogP contribution in [0, 0.1) is 0 Å². The number of nitrogens with zero attached hydrogens (tertiary/aromatic N) is 2. The molecule has 0 heterocycles. The largest absolute Gasteiger partial charge is 0.378 e. The minimum Gasteiger partial charge on any atom is -0.378 e. The summed E-state index contributed by atoms with van der Waals surface area (Å²) in [6, 6.07) is 10.6. The highest BCUT2D eigenvalue weighted by molar-refractivity contribution is 6.42. The van der Waals surface area contributed by atoms with Crippen LogP contribution in [0.1, 0.15) is 67.9 Å². The molecule has 0 N–H and O–H groups in total. The van der Waals surface area contributed by atoms with Gasteiger partial charge in [-0.15, -0.1) is 0 Å². The van der Waals surface area contributed by atoms with E-state index in [-0.39, 0.29) is 16.1 Å². The number of amidine groups is 1. The smallest absolute Gasteiger partial charge is 0.189 e. The Morgan fingerprint density at radius 1 is 0.864 bits per heavy atom. The molecule has 122 valence electrons. The van der Waals surface area contributed by atoms with Gasteiger partial charge in [-0.3, -0.25) is 4.99 Å². The van der Waals surface area contributed by atoms with Crippen molar-refractivity contribution in [3.63, 3.8) is 0 Å². The van der Waals surface area contributed by atoms with Crippen LogP contribution in [0.3, 0.4) is 0 Å². The first-order valence-corrected chi connectivity index (χ1v) is 8.98. The van der Waals surface area contributed by atoms with Crippen LogP contribution in [0.2, 0.25) is 5.04 Å². The molecule has 0 aromatic heterocycles. The second-order valence-electron chi connectivity index (χ2n) is 8.84. The van der Waals surface area contributed by atoms with Crippen LogP contribution in [-0.4, -0.2) is 31.2 Å². The third-order valence-corrected chi connectivity index (χ3v) is 4.58. The molecule has 0 spiro atoms. The average molecular weight is 317 g/mol. The monoisotopic (exact) mass is 316 g/mol. The van der Waals surface area contributed by atoms with Gasteiger partial charge in [0.15, 0.2) is 9.68 Å². The van der Waals surface area contributed by atoms with Crippen molar-refractivity contribution in [2.45, 2.75) is 78.4 Å². The number of hydrogen-bond acceptors (Lipinski definition) is 1. The lowest BCUT2D eigenvalue weighted by atomic mass is 10.1. The highest BCUT2D eigenvalue weighted by Crippen LogP contribution is 2.28. The van der Waals surface area contributed by atoms with Crippen LogP contribution in [0.4, 0.5) is 0 Å². The summed E-state index contributed by atoms with van der Waals surface area (Å²) >= 11 is 0. The molecule has 0 bridgehead atoms.